The Morgan fingerprint density at radius 2 is 1.68 bits per heavy atom. The highest BCUT2D eigenvalue weighted by Gasteiger charge is 2.23. The molecule has 0 spiro atoms. The fourth-order valence-electron chi connectivity index (χ4n) is 1.84. The quantitative estimate of drug-likeness (QED) is 0.713. The Balaban J connectivity index is 4.47. The van der Waals surface area contributed by atoms with Crippen LogP contribution in [0.1, 0.15) is 47.5 Å². The number of nitrogens with zero attached hydrogens (tertiary/aromatic N) is 1. The Bertz CT molecular complexity index is 290. The van der Waals surface area contributed by atoms with Gasteiger partial charge in [0, 0.05) is 19.1 Å². The standard InChI is InChI=1S/C14H28N2O3/c1-6-12(7-2)9-16(8-3)14(19)15-11(5)10(4)13(17)18/h10-12H,6-9H2,1-5H3,(H,15,19)(H,17,18). The highest BCUT2D eigenvalue weighted by Crippen LogP contribution is 2.10. The van der Waals surface area contributed by atoms with Crippen molar-refractivity contribution in [3.05, 3.63) is 0 Å². The van der Waals surface area contributed by atoms with Crippen molar-refractivity contribution in [1.29, 1.82) is 0 Å². The fourth-order valence-corrected chi connectivity index (χ4v) is 1.84. The molecule has 0 rings (SSSR count). The second kappa shape index (κ2) is 8.77. The van der Waals surface area contributed by atoms with Gasteiger partial charge in [-0.05, 0) is 26.7 Å². The van der Waals surface area contributed by atoms with Crippen LogP contribution in [0.15, 0.2) is 0 Å². The van der Waals surface area contributed by atoms with Crippen LogP contribution >= 0.6 is 0 Å². The molecule has 5 heteroatoms. The molecule has 112 valence electrons. The van der Waals surface area contributed by atoms with Crippen molar-refractivity contribution >= 4 is 12.0 Å². The summed E-state index contributed by atoms with van der Waals surface area (Å²) in [6.07, 6.45) is 2.09. The maximum absolute atomic E-state index is 12.1. The second-order valence-electron chi connectivity index (χ2n) is 5.09. The molecular formula is C14H28N2O3. The monoisotopic (exact) mass is 272 g/mol. The average Bonchev–Trinajstić information content (AvgIpc) is 2.38. The first-order valence-electron chi connectivity index (χ1n) is 7.15. The van der Waals surface area contributed by atoms with E-state index < -0.39 is 11.9 Å². The number of urea groups is 1. The third-order valence-electron chi connectivity index (χ3n) is 3.79. The minimum atomic E-state index is -0.893. The predicted molar refractivity (Wildman–Crippen MR) is 76.1 cm³/mol. The summed E-state index contributed by atoms with van der Waals surface area (Å²) in [7, 11) is 0. The largest absolute Gasteiger partial charge is 0.481 e. The fraction of sp³-hybridized carbons (Fsp3) is 0.857. The van der Waals surface area contributed by atoms with Gasteiger partial charge in [-0.25, -0.2) is 4.79 Å². The number of amides is 2. The Morgan fingerprint density at radius 3 is 2.05 bits per heavy atom. The van der Waals surface area contributed by atoms with Crippen LogP contribution in [0.25, 0.3) is 0 Å². The van der Waals surface area contributed by atoms with Gasteiger partial charge in [-0.15, -0.1) is 0 Å². The average molecular weight is 272 g/mol. The van der Waals surface area contributed by atoms with Crippen molar-refractivity contribution in [2.24, 2.45) is 11.8 Å². The highest BCUT2D eigenvalue weighted by atomic mass is 16.4. The normalized spacial score (nSPS) is 14.0. The van der Waals surface area contributed by atoms with E-state index in [1.165, 1.54) is 0 Å². The third-order valence-corrected chi connectivity index (χ3v) is 3.79. The van der Waals surface area contributed by atoms with Crippen LogP contribution in [0, 0.1) is 11.8 Å². The molecule has 0 bridgehead atoms. The first kappa shape index (κ1) is 17.7. The van der Waals surface area contributed by atoms with Gasteiger partial charge in [0.15, 0.2) is 0 Å². The van der Waals surface area contributed by atoms with Gasteiger partial charge >= 0.3 is 12.0 Å². The summed E-state index contributed by atoms with van der Waals surface area (Å²) in [4.78, 5) is 24.7. The molecule has 0 heterocycles. The summed E-state index contributed by atoms with van der Waals surface area (Å²) in [6.45, 7) is 10.9. The van der Waals surface area contributed by atoms with Gasteiger partial charge in [-0.3, -0.25) is 4.79 Å². The number of carboxylic acid groups (broad SMARTS) is 1. The van der Waals surface area contributed by atoms with Crippen molar-refractivity contribution in [3.8, 4) is 0 Å². The topological polar surface area (TPSA) is 69.6 Å². The summed E-state index contributed by atoms with van der Waals surface area (Å²) >= 11 is 0. The molecule has 0 aliphatic carbocycles. The second-order valence-corrected chi connectivity index (χ2v) is 5.09. The van der Waals surface area contributed by atoms with E-state index in [1.807, 2.05) is 6.92 Å². The van der Waals surface area contributed by atoms with Gasteiger partial charge in [0.1, 0.15) is 0 Å². The molecule has 0 saturated heterocycles. The number of carboxylic acids is 1. The van der Waals surface area contributed by atoms with E-state index in [2.05, 4.69) is 19.2 Å². The molecule has 2 N–H and O–H groups in total. The Morgan fingerprint density at radius 1 is 1.16 bits per heavy atom. The lowest BCUT2D eigenvalue weighted by Gasteiger charge is -2.28. The zero-order chi connectivity index (χ0) is 15.0. The van der Waals surface area contributed by atoms with Gasteiger partial charge in [0.25, 0.3) is 0 Å². The molecule has 0 aliphatic heterocycles. The molecule has 0 fully saturated rings. The van der Waals surface area contributed by atoms with Crippen molar-refractivity contribution in [3.63, 3.8) is 0 Å². The molecule has 0 aromatic heterocycles. The smallest absolute Gasteiger partial charge is 0.317 e. The Labute approximate surface area is 116 Å². The SMILES string of the molecule is CCC(CC)CN(CC)C(=O)NC(C)C(C)C(=O)O. The minimum absolute atomic E-state index is 0.171. The summed E-state index contributed by atoms with van der Waals surface area (Å²) in [5.74, 6) is -0.982. The number of carbonyl (C=O) groups excluding carboxylic acids is 1. The molecule has 0 aromatic carbocycles. The maximum Gasteiger partial charge on any atom is 0.317 e. The number of aliphatic carboxylic acids is 1. The minimum Gasteiger partial charge on any atom is -0.481 e. The lowest BCUT2D eigenvalue weighted by Crippen LogP contribution is -2.48. The first-order valence-corrected chi connectivity index (χ1v) is 7.15. The van der Waals surface area contributed by atoms with Crippen LogP contribution in [-0.4, -0.2) is 41.1 Å². The van der Waals surface area contributed by atoms with Gasteiger partial charge in [-0.1, -0.05) is 26.7 Å². The van der Waals surface area contributed by atoms with E-state index in [-0.39, 0.29) is 12.1 Å². The number of hydrogen-bond acceptors (Lipinski definition) is 2. The molecular weight excluding hydrogens is 244 g/mol. The van der Waals surface area contributed by atoms with Crippen LogP contribution in [0.3, 0.4) is 0 Å². The molecule has 2 unspecified atom stereocenters. The number of nitrogens with one attached hydrogen (secondary N) is 1. The number of rotatable bonds is 8. The van der Waals surface area contributed by atoms with E-state index in [0.29, 0.717) is 12.5 Å². The summed E-state index contributed by atoms with van der Waals surface area (Å²) in [5.41, 5.74) is 0. The molecule has 2 amide bonds. The van der Waals surface area contributed by atoms with Gasteiger partial charge in [0.05, 0.1) is 5.92 Å². The highest BCUT2D eigenvalue weighted by molar-refractivity contribution is 5.76. The molecule has 19 heavy (non-hydrogen) atoms. The number of carbonyl (C=O) groups is 2. The molecule has 0 aromatic rings. The van der Waals surface area contributed by atoms with E-state index in [9.17, 15) is 9.59 Å². The Kier molecular flexibility index (Phi) is 8.19. The van der Waals surface area contributed by atoms with Crippen LogP contribution in [0.4, 0.5) is 4.79 Å². The van der Waals surface area contributed by atoms with Crippen molar-refractivity contribution in [2.45, 2.75) is 53.5 Å². The van der Waals surface area contributed by atoms with Crippen LogP contribution in [0.2, 0.25) is 0 Å². The number of hydrogen-bond donors (Lipinski definition) is 2. The zero-order valence-corrected chi connectivity index (χ0v) is 12.8. The van der Waals surface area contributed by atoms with E-state index >= 15 is 0 Å². The van der Waals surface area contributed by atoms with Crippen LogP contribution < -0.4 is 5.32 Å². The van der Waals surface area contributed by atoms with E-state index in [1.54, 1.807) is 18.7 Å². The summed E-state index contributed by atoms with van der Waals surface area (Å²) in [5, 5.41) is 11.7. The van der Waals surface area contributed by atoms with Gasteiger partial charge < -0.3 is 15.3 Å². The lowest BCUT2D eigenvalue weighted by molar-refractivity contribution is -0.141. The molecule has 0 saturated carbocycles. The van der Waals surface area contributed by atoms with Crippen LogP contribution in [0.5, 0.6) is 0 Å². The zero-order valence-electron chi connectivity index (χ0n) is 12.8. The molecule has 5 nitrogen and oxygen atoms in total. The predicted octanol–water partition coefficient (Wildman–Crippen LogP) is 2.56. The van der Waals surface area contributed by atoms with Gasteiger partial charge in [-0.2, -0.15) is 0 Å². The van der Waals surface area contributed by atoms with Gasteiger partial charge in [0.2, 0.25) is 0 Å². The summed E-state index contributed by atoms with van der Waals surface area (Å²) < 4.78 is 0. The summed E-state index contributed by atoms with van der Waals surface area (Å²) in [6, 6.07) is -0.546. The lowest BCUT2D eigenvalue weighted by atomic mass is 10.0. The molecule has 0 aliphatic rings. The van der Waals surface area contributed by atoms with Crippen molar-refractivity contribution < 1.29 is 14.7 Å². The maximum atomic E-state index is 12.1. The molecule has 2 atom stereocenters. The van der Waals surface area contributed by atoms with Crippen molar-refractivity contribution in [2.75, 3.05) is 13.1 Å². The van der Waals surface area contributed by atoms with Crippen LogP contribution in [-0.2, 0) is 4.79 Å². The molecule has 0 radical (unpaired) electrons. The third kappa shape index (κ3) is 5.94. The van der Waals surface area contributed by atoms with E-state index in [4.69, 9.17) is 5.11 Å². The van der Waals surface area contributed by atoms with Crippen molar-refractivity contribution in [1.82, 2.24) is 10.2 Å². The first-order chi connectivity index (χ1) is 8.87. The Hall–Kier alpha value is -1.26. The van der Waals surface area contributed by atoms with E-state index in [0.717, 1.165) is 19.4 Å².